The smallest absolute Gasteiger partial charge is 0.307 e. The molecule has 0 radical (unpaired) electrons. The highest BCUT2D eigenvalue weighted by molar-refractivity contribution is 7.89. The molecule has 0 aliphatic carbocycles. The van der Waals surface area contributed by atoms with E-state index in [1.165, 1.54) is 30.3 Å². The molecule has 1 heterocycles. The van der Waals surface area contributed by atoms with Gasteiger partial charge in [0.2, 0.25) is 15.8 Å². The molecule has 34 heavy (non-hydrogen) atoms. The zero-order valence-corrected chi connectivity index (χ0v) is 18.6. The summed E-state index contributed by atoms with van der Waals surface area (Å²) in [5.41, 5.74) is 0. The van der Waals surface area contributed by atoms with E-state index in [1.807, 2.05) is 24.3 Å². The maximum Gasteiger partial charge on any atom is 0.307 e. The van der Waals surface area contributed by atoms with Gasteiger partial charge < -0.3 is 14.0 Å². The van der Waals surface area contributed by atoms with Gasteiger partial charge in [-0.05, 0) is 47.2 Å². The molecule has 0 amide bonds. The highest BCUT2D eigenvalue weighted by Gasteiger charge is 2.16. The van der Waals surface area contributed by atoms with Crippen LogP contribution in [0.4, 0.5) is 4.39 Å². The predicted molar refractivity (Wildman–Crippen MR) is 119 cm³/mol. The van der Waals surface area contributed by atoms with Crippen molar-refractivity contribution in [2.75, 3.05) is 6.54 Å². The molecule has 4 aromatic rings. The van der Waals surface area contributed by atoms with Crippen LogP contribution in [0.25, 0.3) is 10.8 Å². The lowest BCUT2D eigenvalue weighted by Gasteiger charge is -2.08. The fraction of sp³-hybridized carbons (Fsp3) is 0.174. The second kappa shape index (κ2) is 10.4. The Bertz CT molecular complexity index is 1390. The number of esters is 1. The van der Waals surface area contributed by atoms with E-state index < -0.39 is 16.0 Å². The number of benzene rings is 3. The predicted octanol–water partition coefficient (Wildman–Crippen LogP) is 3.35. The minimum atomic E-state index is -3.78. The Hall–Kier alpha value is -3.83. The standard InChI is InChI=1S/C23H20FN3O6S/c24-18-6-8-19(9-7-18)31-14-21-26-22(33-27-21)15-32-23(28)11-12-25-34(29,30)20-10-5-16-3-1-2-4-17(16)13-20/h1-10,13,25H,11-12,14-15H2. The third kappa shape index (κ3) is 6.15. The molecule has 11 heteroatoms. The van der Waals surface area contributed by atoms with Crippen molar-refractivity contribution in [2.45, 2.75) is 24.5 Å². The molecule has 176 valence electrons. The van der Waals surface area contributed by atoms with Gasteiger partial charge in [0.1, 0.15) is 11.6 Å². The van der Waals surface area contributed by atoms with Gasteiger partial charge in [0.25, 0.3) is 5.89 Å². The minimum Gasteiger partial charge on any atom is -0.485 e. The third-order valence-electron chi connectivity index (χ3n) is 4.70. The molecule has 4 rings (SSSR count). The summed E-state index contributed by atoms with van der Waals surface area (Å²) >= 11 is 0. The number of aromatic nitrogens is 2. The average molecular weight is 485 g/mol. The summed E-state index contributed by atoms with van der Waals surface area (Å²) in [6.45, 7) is -0.409. The first kappa shape index (κ1) is 23.3. The van der Waals surface area contributed by atoms with E-state index in [4.69, 9.17) is 14.0 Å². The van der Waals surface area contributed by atoms with Crippen LogP contribution in [0.15, 0.2) is 76.1 Å². The van der Waals surface area contributed by atoms with E-state index in [0.717, 1.165) is 10.8 Å². The molecule has 0 aliphatic rings. The van der Waals surface area contributed by atoms with Crippen molar-refractivity contribution in [3.8, 4) is 5.75 Å². The number of hydrogen-bond donors (Lipinski definition) is 1. The highest BCUT2D eigenvalue weighted by Crippen LogP contribution is 2.19. The van der Waals surface area contributed by atoms with Crippen molar-refractivity contribution in [2.24, 2.45) is 0 Å². The molecule has 0 spiro atoms. The summed E-state index contributed by atoms with van der Waals surface area (Å²) in [5.74, 6) is -0.298. The quantitative estimate of drug-likeness (QED) is 0.340. The summed E-state index contributed by atoms with van der Waals surface area (Å²) < 4.78 is 55.7. The molecule has 1 N–H and O–H groups in total. The van der Waals surface area contributed by atoms with Gasteiger partial charge in [-0.3, -0.25) is 4.79 Å². The van der Waals surface area contributed by atoms with Gasteiger partial charge in [-0.25, -0.2) is 17.5 Å². The van der Waals surface area contributed by atoms with Gasteiger partial charge in [0.05, 0.1) is 11.3 Å². The Morgan fingerprint density at radius 2 is 1.76 bits per heavy atom. The molecule has 0 unspecified atom stereocenters. The first-order valence-corrected chi connectivity index (χ1v) is 11.7. The van der Waals surface area contributed by atoms with Gasteiger partial charge in [-0.2, -0.15) is 4.98 Å². The molecule has 9 nitrogen and oxygen atoms in total. The number of fused-ring (bicyclic) bond motifs is 1. The fourth-order valence-corrected chi connectivity index (χ4v) is 4.07. The Kier molecular flexibility index (Phi) is 7.14. The zero-order valence-electron chi connectivity index (χ0n) is 17.8. The maximum atomic E-state index is 12.9. The molecule has 0 bridgehead atoms. The second-order valence-electron chi connectivity index (χ2n) is 7.16. The van der Waals surface area contributed by atoms with Gasteiger partial charge in [-0.15, -0.1) is 0 Å². The van der Waals surface area contributed by atoms with Crippen LogP contribution in [0, 0.1) is 5.82 Å². The van der Waals surface area contributed by atoms with Crippen LogP contribution >= 0.6 is 0 Å². The normalized spacial score (nSPS) is 11.4. The summed E-state index contributed by atoms with van der Waals surface area (Å²) in [6, 6.07) is 17.7. The van der Waals surface area contributed by atoms with Crippen LogP contribution in [-0.2, 0) is 32.8 Å². The highest BCUT2D eigenvalue weighted by atomic mass is 32.2. The molecule has 0 aliphatic heterocycles. The Labute approximate surface area is 194 Å². The monoisotopic (exact) mass is 485 g/mol. The number of rotatable bonds is 10. The number of carbonyl (C=O) groups is 1. The first-order valence-electron chi connectivity index (χ1n) is 10.2. The lowest BCUT2D eigenvalue weighted by Crippen LogP contribution is -2.26. The maximum absolute atomic E-state index is 12.9. The van der Waals surface area contributed by atoms with Gasteiger partial charge >= 0.3 is 5.97 Å². The second-order valence-corrected chi connectivity index (χ2v) is 8.93. The number of halogens is 1. The number of carbonyl (C=O) groups excluding carboxylic acids is 1. The van der Waals surface area contributed by atoms with Crippen LogP contribution in [0.5, 0.6) is 5.75 Å². The number of ether oxygens (including phenoxy) is 2. The number of sulfonamides is 1. The van der Waals surface area contributed by atoms with E-state index in [-0.39, 0.29) is 48.6 Å². The molecule has 3 aromatic carbocycles. The van der Waals surface area contributed by atoms with E-state index in [9.17, 15) is 17.6 Å². The van der Waals surface area contributed by atoms with E-state index in [0.29, 0.717) is 5.75 Å². The summed E-state index contributed by atoms with van der Waals surface area (Å²) in [7, 11) is -3.78. The number of nitrogens with zero attached hydrogens (tertiary/aromatic N) is 2. The SMILES string of the molecule is O=C(CCNS(=O)(=O)c1ccc2ccccc2c1)OCc1nc(COc2ccc(F)cc2)no1. The average Bonchev–Trinajstić information content (AvgIpc) is 3.30. The van der Waals surface area contributed by atoms with Crippen molar-refractivity contribution in [1.29, 1.82) is 0 Å². The van der Waals surface area contributed by atoms with E-state index in [1.54, 1.807) is 12.1 Å². The molecule has 0 fully saturated rings. The first-order chi connectivity index (χ1) is 16.4. The van der Waals surface area contributed by atoms with Crippen LogP contribution < -0.4 is 9.46 Å². The molecular formula is C23H20FN3O6S. The Balaban J connectivity index is 1.21. The number of nitrogens with one attached hydrogen (secondary N) is 1. The number of hydrogen-bond acceptors (Lipinski definition) is 8. The summed E-state index contributed by atoms with van der Waals surface area (Å²) in [6.07, 6.45) is -0.179. The largest absolute Gasteiger partial charge is 0.485 e. The summed E-state index contributed by atoms with van der Waals surface area (Å²) in [5, 5.41) is 5.43. The topological polar surface area (TPSA) is 121 Å². The van der Waals surface area contributed by atoms with Crippen molar-refractivity contribution in [3.63, 3.8) is 0 Å². The van der Waals surface area contributed by atoms with Crippen LogP contribution in [0.3, 0.4) is 0 Å². The lowest BCUT2D eigenvalue weighted by molar-refractivity contribution is -0.145. The van der Waals surface area contributed by atoms with E-state index in [2.05, 4.69) is 14.9 Å². The lowest BCUT2D eigenvalue weighted by atomic mass is 10.1. The third-order valence-corrected chi connectivity index (χ3v) is 6.16. The molecular weight excluding hydrogens is 465 g/mol. The minimum absolute atomic E-state index is 0.0143. The molecule has 0 saturated carbocycles. The van der Waals surface area contributed by atoms with Crippen molar-refractivity contribution in [1.82, 2.24) is 14.9 Å². The Morgan fingerprint density at radius 3 is 2.56 bits per heavy atom. The van der Waals surface area contributed by atoms with Crippen molar-refractivity contribution in [3.05, 3.63) is 84.3 Å². The van der Waals surface area contributed by atoms with Crippen LogP contribution in [0.1, 0.15) is 18.1 Å². The fourth-order valence-electron chi connectivity index (χ4n) is 3.01. The van der Waals surface area contributed by atoms with Crippen LogP contribution in [-0.4, -0.2) is 31.1 Å². The van der Waals surface area contributed by atoms with Crippen LogP contribution in [0.2, 0.25) is 0 Å². The van der Waals surface area contributed by atoms with Crippen molar-refractivity contribution < 1.29 is 31.6 Å². The van der Waals surface area contributed by atoms with Gasteiger partial charge in [-0.1, -0.05) is 35.5 Å². The van der Waals surface area contributed by atoms with Crippen molar-refractivity contribution >= 4 is 26.8 Å². The molecule has 0 saturated heterocycles. The Morgan fingerprint density at radius 1 is 1.00 bits per heavy atom. The summed E-state index contributed by atoms with van der Waals surface area (Å²) in [4.78, 5) is 16.1. The van der Waals surface area contributed by atoms with Gasteiger partial charge in [0.15, 0.2) is 13.2 Å². The zero-order chi connectivity index (χ0) is 24.0. The van der Waals surface area contributed by atoms with Gasteiger partial charge in [0, 0.05) is 6.54 Å². The van der Waals surface area contributed by atoms with E-state index >= 15 is 0 Å². The molecule has 1 aromatic heterocycles. The molecule has 0 atom stereocenters.